The van der Waals surface area contributed by atoms with Gasteiger partial charge < -0.3 is 9.47 Å². The fourth-order valence-electron chi connectivity index (χ4n) is 1.53. The molecule has 1 aliphatic rings. The number of nitrogens with zero attached hydrogens (tertiary/aromatic N) is 1. The van der Waals surface area contributed by atoms with Gasteiger partial charge in [-0.3, -0.25) is 0 Å². The number of hydrogen-bond donors (Lipinski definition) is 0. The first-order valence-corrected chi connectivity index (χ1v) is 6.41. The molecule has 0 N–H and O–H groups in total. The number of rotatable bonds is 2. The number of benzene rings is 1. The van der Waals surface area contributed by atoms with E-state index in [1.54, 1.807) is 6.07 Å². The highest BCUT2D eigenvalue weighted by molar-refractivity contribution is 7.90. The zero-order chi connectivity index (χ0) is 11.8. The average molecular weight is 239 g/mol. The van der Waals surface area contributed by atoms with Gasteiger partial charge in [-0.25, -0.2) is 8.42 Å². The summed E-state index contributed by atoms with van der Waals surface area (Å²) >= 11 is 0. The minimum Gasteiger partial charge on any atom is -0.454 e. The van der Waals surface area contributed by atoms with Crippen LogP contribution in [0.1, 0.15) is 5.56 Å². The van der Waals surface area contributed by atoms with Gasteiger partial charge in [0.2, 0.25) is 6.79 Å². The second-order valence-electron chi connectivity index (χ2n) is 3.42. The first-order valence-electron chi connectivity index (χ1n) is 4.52. The molecule has 0 bridgehead atoms. The van der Waals surface area contributed by atoms with Gasteiger partial charge in [0.05, 0.1) is 17.4 Å². The van der Waals surface area contributed by atoms with Gasteiger partial charge in [-0.05, 0) is 11.6 Å². The van der Waals surface area contributed by atoms with Gasteiger partial charge in [0.15, 0.2) is 21.3 Å². The Kier molecular flexibility index (Phi) is 2.48. The van der Waals surface area contributed by atoms with Gasteiger partial charge in [-0.15, -0.1) is 0 Å². The maximum Gasteiger partial charge on any atom is 0.231 e. The van der Waals surface area contributed by atoms with Crippen LogP contribution in [0, 0.1) is 11.3 Å². The van der Waals surface area contributed by atoms with E-state index in [4.69, 9.17) is 14.7 Å². The van der Waals surface area contributed by atoms with Gasteiger partial charge >= 0.3 is 0 Å². The predicted octanol–water partition coefficient (Wildman–Crippen LogP) is 0.885. The highest BCUT2D eigenvalue weighted by atomic mass is 32.2. The quantitative estimate of drug-likeness (QED) is 0.765. The predicted molar refractivity (Wildman–Crippen MR) is 55.0 cm³/mol. The Hall–Kier alpha value is -1.74. The van der Waals surface area contributed by atoms with E-state index < -0.39 is 9.84 Å². The van der Waals surface area contributed by atoms with Crippen LogP contribution in [-0.4, -0.2) is 21.5 Å². The minimum atomic E-state index is -3.36. The first-order chi connectivity index (χ1) is 7.52. The van der Waals surface area contributed by atoms with Gasteiger partial charge in [0.1, 0.15) is 0 Å². The number of ether oxygens (including phenoxy) is 2. The molecule has 2 rings (SSSR count). The number of fused-ring (bicyclic) bond motifs is 1. The number of hydrogen-bond acceptors (Lipinski definition) is 5. The van der Waals surface area contributed by atoms with Crippen LogP contribution in [0.5, 0.6) is 11.5 Å². The summed E-state index contributed by atoms with van der Waals surface area (Å²) in [7, 11) is -3.36. The second kappa shape index (κ2) is 3.68. The Morgan fingerprint density at radius 3 is 2.56 bits per heavy atom. The van der Waals surface area contributed by atoms with Crippen molar-refractivity contribution in [2.75, 3.05) is 13.0 Å². The molecule has 1 heterocycles. The Morgan fingerprint density at radius 1 is 1.38 bits per heavy atom. The lowest BCUT2D eigenvalue weighted by Crippen LogP contribution is -2.02. The molecule has 84 valence electrons. The average Bonchev–Trinajstić information content (AvgIpc) is 2.62. The summed E-state index contributed by atoms with van der Waals surface area (Å²) in [4.78, 5) is 0.123. The molecule has 0 saturated carbocycles. The van der Waals surface area contributed by atoms with Crippen molar-refractivity contribution in [2.45, 2.75) is 11.3 Å². The van der Waals surface area contributed by atoms with E-state index in [1.807, 2.05) is 6.07 Å². The number of sulfone groups is 1. The molecule has 6 heteroatoms. The summed E-state index contributed by atoms with van der Waals surface area (Å²) in [5, 5.41) is 8.64. The zero-order valence-corrected chi connectivity index (χ0v) is 9.37. The molecule has 0 spiro atoms. The van der Waals surface area contributed by atoms with Crippen LogP contribution < -0.4 is 9.47 Å². The molecule has 1 aliphatic heterocycles. The van der Waals surface area contributed by atoms with Gasteiger partial charge in [-0.1, -0.05) is 0 Å². The molecule has 0 amide bonds. The van der Waals surface area contributed by atoms with Crippen LogP contribution in [0.2, 0.25) is 0 Å². The Morgan fingerprint density at radius 2 is 2.00 bits per heavy atom. The lowest BCUT2D eigenvalue weighted by atomic mass is 10.1. The lowest BCUT2D eigenvalue weighted by molar-refractivity contribution is 0.174. The summed E-state index contributed by atoms with van der Waals surface area (Å²) < 4.78 is 33.3. The monoisotopic (exact) mass is 239 g/mol. The van der Waals surface area contributed by atoms with Crippen LogP contribution in [0.25, 0.3) is 0 Å². The summed E-state index contributed by atoms with van der Waals surface area (Å²) in [5.74, 6) is 0.889. The molecule has 0 aliphatic carbocycles. The van der Waals surface area contributed by atoms with Gasteiger partial charge in [0, 0.05) is 12.3 Å². The molecule has 1 aromatic rings. The van der Waals surface area contributed by atoms with E-state index in [1.165, 1.54) is 6.07 Å². The molecule has 16 heavy (non-hydrogen) atoms. The fourth-order valence-corrected chi connectivity index (χ4v) is 2.46. The maximum absolute atomic E-state index is 11.5. The summed E-state index contributed by atoms with van der Waals surface area (Å²) in [6.45, 7) is 0.0779. The Bertz CT molecular complexity index is 571. The van der Waals surface area contributed by atoms with Crippen LogP contribution in [0.4, 0.5) is 0 Å². The molecule has 0 atom stereocenters. The van der Waals surface area contributed by atoms with Crippen molar-refractivity contribution >= 4 is 9.84 Å². The van der Waals surface area contributed by atoms with Crippen LogP contribution in [-0.2, 0) is 16.3 Å². The topological polar surface area (TPSA) is 76.4 Å². The molecule has 1 aromatic carbocycles. The van der Waals surface area contributed by atoms with Crippen molar-refractivity contribution in [3.63, 3.8) is 0 Å². The number of nitriles is 1. The second-order valence-corrected chi connectivity index (χ2v) is 5.40. The molecule has 5 nitrogen and oxygen atoms in total. The highest BCUT2D eigenvalue weighted by Gasteiger charge is 2.21. The van der Waals surface area contributed by atoms with Crippen LogP contribution >= 0.6 is 0 Å². The van der Waals surface area contributed by atoms with E-state index >= 15 is 0 Å². The van der Waals surface area contributed by atoms with E-state index in [2.05, 4.69) is 0 Å². The van der Waals surface area contributed by atoms with Gasteiger partial charge in [0.25, 0.3) is 0 Å². The molecule has 0 unspecified atom stereocenters. The SMILES string of the molecule is CS(=O)(=O)c1cc2c(cc1CC#N)OCO2. The molecule has 0 fully saturated rings. The van der Waals surface area contributed by atoms with Crippen molar-refractivity contribution in [2.24, 2.45) is 0 Å². The maximum atomic E-state index is 11.5. The van der Waals surface area contributed by atoms with E-state index in [-0.39, 0.29) is 18.1 Å². The largest absolute Gasteiger partial charge is 0.454 e. The smallest absolute Gasteiger partial charge is 0.231 e. The lowest BCUT2D eigenvalue weighted by Gasteiger charge is -2.06. The van der Waals surface area contributed by atoms with E-state index in [0.717, 1.165) is 6.26 Å². The van der Waals surface area contributed by atoms with Gasteiger partial charge in [-0.2, -0.15) is 5.26 Å². The first kappa shape index (κ1) is 10.8. The minimum absolute atomic E-state index is 0.0268. The zero-order valence-electron chi connectivity index (χ0n) is 8.56. The van der Waals surface area contributed by atoms with Crippen LogP contribution in [0.15, 0.2) is 17.0 Å². The summed E-state index contributed by atoms with van der Waals surface area (Å²) in [6.07, 6.45) is 1.13. The molecular formula is C10H9NO4S. The Balaban J connectivity index is 2.63. The van der Waals surface area contributed by atoms with Crippen molar-refractivity contribution in [1.82, 2.24) is 0 Å². The molecular weight excluding hydrogens is 230 g/mol. The van der Waals surface area contributed by atoms with Crippen molar-refractivity contribution in [3.8, 4) is 17.6 Å². The molecule has 0 saturated heterocycles. The van der Waals surface area contributed by atoms with E-state index in [0.29, 0.717) is 17.1 Å². The van der Waals surface area contributed by atoms with Crippen molar-refractivity contribution in [3.05, 3.63) is 17.7 Å². The van der Waals surface area contributed by atoms with Crippen molar-refractivity contribution < 1.29 is 17.9 Å². The Labute approximate surface area is 93.1 Å². The third-order valence-electron chi connectivity index (χ3n) is 2.22. The van der Waals surface area contributed by atoms with Crippen LogP contribution in [0.3, 0.4) is 0 Å². The van der Waals surface area contributed by atoms with E-state index in [9.17, 15) is 8.42 Å². The molecule has 0 aromatic heterocycles. The third kappa shape index (κ3) is 1.82. The molecule has 0 radical (unpaired) electrons. The normalized spacial score (nSPS) is 13.5. The van der Waals surface area contributed by atoms with Crippen molar-refractivity contribution in [1.29, 1.82) is 5.26 Å². The standard InChI is InChI=1S/C10H9NO4S/c1-16(12,13)10-5-9-8(14-6-15-9)4-7(10)2-3-11/h4-5H,2,6H2,1H3. The highest BCUT2D eigenvalue weighted by Crippen LogP contribution is 2.36. The fraction of sp³-hybridized carbons (Fsp3) is 0.300. The summed E-state index contributed by atoms with van der Waals surface area (Å²) in [5.41, 5.74) is 0.439. The summed E-state index contributed by atoms with van der Waals surface area (Å²) in [6, 6.07) is 4.88. The third-order valence-corrected chi connectivity index (χ3v) is 3.40.